The first kappa shape index (κ1) is 16.5. The largest absolute Gasteiger partial charge is 0.462 e. The first-order chi connectivity index (χ1) is 11.6. The van der Waals surface area contributed by atoms with Crippen LogP contribution in [0.25, 0.3) is 6.08 Å². The van der Waals surface area contributed by atoms with E-state index >= 15 is 0 Å². The number of benzene rings is 1. The summed E-state index contributed by atoms with van der Waals surface area (Å²) < 4.78 is 16.4. The Bertz CT molecular complexity index is 691. The van der Waals surface area contributed by atoms with Crippen LogP contribution >= 0.6 is 0 Å². The molecule has 0 aromatic heterocycles. The van der Waals surface area contributed by atoms with Crippen LogP contribution in [0.15, 0.2) is 42.5 Å². The van der Waals surface area contributed by atoms with Gasteiger partial charge in [-0.2, -0.15) is 0 Å². The van der Waals surface area contributed by atoms with Crippen molar-refractivity contribution in [2.45, 2.75) is 24.9 Å². The second kappa shape index (κ2) is 7.01. The SMILES string of the molecule is CC1(C2C=Cc3ccccc32)COC(=O)/C=C\C(=O)OCCCO1. The summed E-state index contributed by atoms with van der Waals surface area (Å²) in [6.07, 6.45) is 6.91. The molecule has 0 bridgehead atoms. The smallest absolute Gasteiger partial charge is 0.331 e. The molecule has 1 heterocycles. The van der Waals surface area contributed by atoms with Crippen LogP contribution in [-0.2, 0) is 23.8 Å². The van der Waals surface area contributed by atoms with E-state index in [1.54, 1.807) is 0 Å². The van der Waals surface area contributed by atoms with Gasteiger partial charge < -0.3 is 14.2 Å². The number of cyclic esters (lactones) is 2. The molecule has 2 aliphatic rings. The highest BCUT2D eigenvalue weighted by molar-refractivity contribution is 5.91. The third-order valence-electron chi connectivity index (χ3n) is 4.28. The summed E-state index contributed by atoms with van der Waals surface area (Å²) in [5.74, 6) is -1.14. The van der Waals surface area contributed by atoms with E-state index in [0.29, 0.717) is 13.0 Å². The standard InChI is InChI=1S/C19H20O5/c1-19(16-8-7-14-5-2-3-6-15(14)16)13-23-18(21)10-9-17(20)22-11-4-12-24-19/h2-3,5-10,16H,4,11-13H2,1H3/b10-9-. The summed E-state index contributed by atoms with van der Waals surface area (Å²) in [4.78, 5) is 23.2. The molecule has 0 amide bonds. The molecule has 1 aliphatic heterocycles. The highest BCUT2D eigenvalue weighted by Gasteiger charge is 2.39. The maximum Gasteiger partial charge on any atom is 0.331 e. The van der Waals surface area contributed by atoms with Crippen LogP contribution in [0, 0.1) is 0 Å². The Balaban J connectivity index is 1.82. The number of fused-ring (bicyclic) bond motifs is 1. The van der Waals surface area contributed by atoms with Crippen molar-refractivity contribution < 1.29 is 23.8 Å². The van der Waals surface area contributed by atoms with Gasteiger partial charge in [0.05, 0.1) is 13.2 Å². The van der Waals surface area contributed by atoms with Gasteiger partial charge in [0.25, 0.3) is 0 Å². The van der Waals surface area contributed by atoms with Crippen LogP contribution < -0.4 is 0 Å². The Morgan fingerprint density at radius 1 is 1.00 bits per heavy atom. The lowest BCUT2D eigenvalue weighted by molar-refractivity contribution is -0.152. The Hall–Kier alpha value is -2.40. The van der Waals surface area contributed by atoms with Gasteiger partial charge in [0, 0.05) is 24.5 Å². The molecule has 0 radical (unpaired) electrons. The van der Waals surface area contributed by atoms with Gasteiger partial charge in [0.2, 0.25) is 0 Å². The maximum absolute atomic E-state index is 11.8. The summed E-state index contributed by atoms with van der Waals surface area (Å²) in [6.45, 7) is 2.72. The number of hydrogen-bond acceptors (Lipinski definition) is 5. The summed E-state index contributed by atoms with van der Waals surface area (Å²) in [6, 6.07) is 8.10. The van der Waals surface area contributed by atoms with E-state index in [-0.39, 0.29) is 19.1 Å². The Kier molecular flexibility index (Phi) is 4.81. The molecule has 2 atom stereocenters. The number of ether oxygens (including phenoxy) is 3. The highest BCUT2D eigenvalue weighted by atomic mass is 16.6. The molecular weight excluding hydrogens is 308 g/mol. The normalized spacial score (nSPS) is 29.0. The zero-order chi connectivity index (χ0) is 17.0. The van der Waals surface area contributed by atoms with Crippen molar-refractivity contribution in [3.8, 4) is 0 Å². The van der Waals surface area contributed by atoms with Crippen LogP contribution in [0.1, 0.15) is 30.4 Å². The van der Waals surface area contributed by atoms with E-state index < -0.39 is 17.5 Å². The number of rotatable bonds is 1. The van der Waals surface area contributed by atoms with Gasteiger partial charge in [0.15, 0.2) is 0 Å². The third kappa shape index (κ3) is 3.57. The van der Waals surface area contributed by atoms with Gasteiger partial charge >= 0.3 is 11.9 Å². The Morgan fingerprint density at radius 3 is 2.58 bits per heavy atom. The molecule has 3 rings (SSSR count). The minimum atomic E-state index is -0.685. The summed E-state index contributed by atoms with van der Waals surface area (Å²) in [5, 5.41) is 0. The van der Waals surface area contributed by atoms with Crippen LogP contribution in [0.3, 0.4) is 0 Å². The predicted molar refractivity (Wildman–Crippen MR) is 88.2 cm³/mol. The molecule has 1 aromatic rings. The third-order valence-corrected chi connectivity index (χ3v) is 4.28. The van der Waals surface area contributed by atoms with Crippen molar-refractivity contribution in [2.24, 2.45) is 0 Å². The van der Waals surface area contributed by atoms with Gasteiger partial charge in [-0.25, -0.2) is 9.59 Å². The fourth-order valence-electron chi connectivity index (χ4n) is 2.99. The van der Waals surface area contributed by atoms with E-state index in [4.69, 9.17) is 14.2 Å². The topological polar surface area (TPSA) is 61.8 Å². The van der Waals surface area contributed by atoms with Crippen molar-refractivity contribution in [3.63, 3.8) is 0 Å². The molecule has 0 saturated heterocycles. The molecule has 5 heteroatoms. The van der Waals surface area contributed by atoms with Gasteiger partial charge in [-0.3, -0.25) is 0 Å². The molecule has 126 valence electrons. The van der Waals surface area contributed by atoms with Crippen LogP contribution in [0.2, 0.25) is 0 Å². The van der Waals surface area contributed by atoms with E-state index in [0.717, 1.165) is 23.3 Å². The van der Waals surface area contributed by atoms with Gasteiger partial charge in [-0.1, -0.05) is 36.4 Å². The number of carbonyl (C=O) groups is 2. The molecule has 2 unspecified atom stereocenters. The van der Waals surface area contributed by atoms with Crippen molar-refractivity contribution in [3.05, 3.63) is 53.6 Å². The van der Waals surface area contributed by atoms with Gasteiger partial charge in [-0.15, -0.1) is 0 Å². The van der Waals surface area contributed by atoms with E-state index in [1.807, 2.05) is 19.1 Å². The minimum Gasteiger partial charge on any atom is -0.462 e. The first-order valence-electron chi connectivity index (χ1n) is 8.01. The molecular formula is C19H20O5. The number of hydrogen-bond donors (Lipinski definition) is 0. The molecule has 24 heavy (non-hydrogen) atoms. The fourth-order valence-corrected chi connectivity index (χ4v) is 2.99. The average molecular weight is 328 g/mol. The van der Waals surface area contributed by atoms with Crippen LogP contribution in [0.5, 0.6) is 0 Å². The van der Waals surface area contributed by atoms with Crippen LogP contribution in [0.4, 0.5) is 0 Å². The summed E-state index contributed by atoms with van der Waals surface area (Å²) in [5.41, 5.74) is 1.62. The van der Waals surface area contributed by atoms with Crippen molar-refractivity contribution in [1.82, 2.24) is 0 Å². The van der Waals surface area contributed by atoms with E-state index in [1.165, 1.54) is 0 Å². The molecule has 0 spiro atoms. The van der Waals surface area contributed by atoms with Gasteiger partial charge in [0.1, 0.15) is 12.2 Å². The van der Waals surface area contributed by atoms with E-state index in [2.05, 4.69) is 24.3 Å². The quantitative estimate of drug-likeness (QED) is 0.742. The monoisotopic (exact) mass is 328 g/mol. The molecule has 1 aliphatic carbocycles. The predicted octanol–water partition coefficient (Wildman–Crippen LogP) is 2.62. The van der Waals surface area contributed by atoms with Crippen LogP contribution in [-0.4, -0.2) is 37.4 Å². The van der Waals surface area contributed by atoms with Crippen molar-refractivity contribution >= 4 is 18.0 Å². The molecule has 5 nitrogen and oxygen atoms in total. The van der Waals surface area contributed by atoms with E-state index in [9.17, 15) is 9.59 Å². The zero-order valence-corrected chi connectivity index (χ0v) is 13.6. The lowest BCUT2D eigenvalue weighted by Crippen LogP contribution is -2.41. The lowest BCUT2D eigenvalue weighted by atomic mass is 9.85. The first-order valence-corrected chi connectivity index (χ1v) is 8.01. The van der Waals surface area contributed by atoms with Crippen molar-refractivity contribution in [1.29, 1.82) is 0 Å². The van der Waals surface area contributed by atoms with Crippen molar-refractivity contribution in [2.75, 3.05) is 19.8 Å². The minimum absolute atomic E-state index is 0.00373. The summed E-state index contributed by atoms with van der Waals surface area (Å²) >= 11 is 0. The second-order valence-corrected chi connectivity index (χ2v) is 6.09. The summed E-state index contributed by atoms with van der Waals surface area (Å²) in [7, 11) is 0. The second-order valence-electron chi connectivity index (χ2n) is 6.09. The highest BCUT2D eigenvalue weighted by Crippen LogP contribution is 2.40. The number of esters is 2. The maximum atomic E-state index is 11.8. The zero-order valence-electron chi connectivity index (χ0n) is 13.6. The average Bonchev–Trinajstić information content (AvgIpc) is 3.02. The Morgan fingerprint density at radius 2 is 1.75 bits per heavy atom. The fraction of sp³-hybridized carbons (Fsp3) is 0.368. The molecule has 0 saturated carbocycles. The molecule has 1 aromatic carbocycles. The van der Waals surface area contributed by atoms with Gasteiger partial charge in [-0.05, 0) is 18.1 Å². The molecule has 0 N–H and O–H groups in total. The lowest BCUT2D eigenvalue weighted by Gasteiger charge is -2.35. The Labute approximate surface area is 140 Å². The number of carbonyl (C=O) groups excluding carboxylic acids is 2. The molecule has 0 fully saturated rings.